The molecular weight excluding hydrogens is 313 g/mol. The van der Waals surface area contributed by atoms with E-state index >= 15 is 0 Å². The van der Waals surface area contributed by atoms with Crippen molar-refractivity contribution in [1.82, 2.24) is 15.5 Å². The van der Waals surface area contributed by atoms with Gasteiger partial charge < -0.3 is 15.6 Å². The number of carbonyl (C=O) groups excluding carboxylic acids is 1. The van der Waals surface area contributed by atoms with Gasteiger partial charge in [0.2, 0.25) is 5.82 Å². The Labute approximate surface area is 129 Å². The minimum absolute atomic E-state index is 0.202. The topological polar surface area (TPSA) is 94.0 Å². The predicted octanol–water partition coefficient (Wildman–Crippen LogP) is 2.22. The van der Waals surface area contributed by atoms with Crippen LogP contribution < -0.4 is 11.1 Å². The van der Waals surface area contributed by atoms with Gasteiger partial charge in [0.15, 0.2) is 0 Å². The summed E-state index contributed by atoms with van der Waals surface area (Å²) < 4.78 is 41.4. The van der Waals surface area contributed by atoms with Gasteiger partial charge in [-0.05, 0) is 26.0 Å². The molecule has 1 aromatic heterocycles. The van der Waals surface area contributed by atoms with Crippen LogP contribution in [-0.4, -0.2) is 28.1 Å². The highest BCUT2D eigenvalue weighted by molar-refractivity contribution is 5.95. The maximum Gasteiger partial charge on any atom is 0.471 e. The van der Waals surface area contributed by atoms with E-state index in [1.165, 1.54) is 24.3 Å². The van der Waals surface area contributed by atoms with Gasteiger partial charge in [-0.15, -0.1) is 0 Å². The molecule has 1 aromatic carbocycles. The second-order valence-corrected chi connectivity index (χ2v) is 5.54. The summed E-state index contributed by atoms with van der Waals surface area (Å²) in [5, 5.41) is 6.02. The van der Waals surface area contributed by atoms with Crippen molar-refractivity contribution in [2.24, 2.45) is 5.73 Å². The standard InChI is InChI=1S/C14H15F3N4O2/c1-13(2,7-18)20-11(22)9-5-3-8(4-6-9)10-19-12(23-21-10)14(15,16)17/h3-6H,7,18H2,1-2H3,(H,20,22). The molecular formula is C14H15F3N4O2. The van der Waals surface area contributed by atoms with Crippen molar-refractivity contribution < 1.29 is 22.5 Å². The molecule has 0 aliphatic rings. The Morgan fingerprint density at radius 3 is 2.35 bits per heavy atom. The SMILES string of the molecule is CC(C)(CN)NC(=O)c1ccc(-c2noc(C(F)(F)F)n2)cc1. The van der Waals surface area contributed by atoms with Gasteiger partial charge in [0.1, 0.15) is 0 Å². The molecule has 3 N–H and O–H groups in total. The second-order valence-electron chi connectivity index (χ2n) is 5.54. The lowest BCUT2D eigenvalue weighted by Crippen LogP contribution is -2.48. The van der Waals surface area contributed by atoms with E-state index < -0.39 is 17.6 Å². The summed E-state index contributed by atoms with van der Waals surface area (Å²) in [5.74, 6) is -1.96. The molecule has 0 unspecified atom stereocenters. The normalized spacial score (nSPS) is 12.3. The van der Waals surface area contributed by atoms with Gasteiger partial charge in [0.25, 0.3) is 5.91 Å². The predicted molar refractivity (Wildman–Crippen MR) is 75.3 cm³/mol. The number of halogens is 3. The maximum absolute atomic E-state index is 12.4. The second kappa shape index (κ2) is 5.99. The number of nitrogens with zero attached hydrogens (tertiary/aromatic N) is 2. The van der Waals surface area contributed by atoms with Gasteiger partial charge in [-0.1, -0.05) is 17.3 Å². The lowest BCUT2D eigenvalue weighted by atomic mass is 10.0. The van der Waals surface area contributed by atoms with Crippen LogP contribution in [0.25, 0.3) is 11.4 Å². The molecule has 0 fully saturated rings. The average Bonchev–Trinajstić information content (AvgIpc) is 2.97. The number of rotatable bonds is 4. The van der Waals surface area contributed by atoms with Crippen molar-refractivity contribution >= 4 is 5.91 Å². The number of benzene rings is 1. The lowest BCUT2D eigenvalue weighted by molar-refractivity contribution is -0.159. The first-order valence-corrected chi connectivity index (χ1v) is 6.66. The Morgan fingerprint density at radius 2 is 1.87 bits per heavy atom. The van der Waals surface area contributed by atoms with E-state index in [-0.39, 0.29) is 18.3 Å². The first-order valence-electron chi connectivity index (χ1n) is 6.66. The van der Waals surface area contributed by atoms with E-state index in [0.717, 1.165) is 0 Å². The molecule has 124 valence electrons. The third-order valence-electron chi connectivity index (χ3n) is 3.04. The summed E-state index contributed by atoms with van der Waals surface area (Å²) in [7, 11) is 0. The number of aromatic nitrogens is 2. The number of nitrogens with one attached hydrogen (secondary N) is 1. The van der Waals surface area contributed by atoms with Crippen LogP contribution in [0.2, 0.25) is 0 Å². The number of carbonyl (C=O) groups is 1. The van der Waals surface area contributed by atoms with Crippen LogP contribution in [0.4, 0.5) is 13.2 Å². The molecule has 23 heavy (non-hydrogen) atoms. The molecule has 2 rings (SSSR count). The van der Waals surface area contributed by atoms with Gasteiger partial charge in [-0.3, -0.25) is 4.79 Å². The first kappa shape index (κ1) is 16.9. The zero-order valence-corrected chi connectivity index (χ0v) is 12.4. The summed E-state index contributed by atoms with van der Waals surface area (Å²) in [6.45, 7) is 3.81. The van der Waals surface area contributed by atoms with E-state index in [1.54, 1.807) is 13.8 Å². The van der Waals surface area contributed by atoms with Gasteiger partial charge >= 0.3 is 12.1 Å². The Bertz CT molecular complexity index is 693. The lowest BCUT2D eigenvalue weighted by Gasteiger charge is -2.24. The van der Waals surface area contributed by atoms with Crippen LogP contribution in [0, 0.1) is 0 Å². The fourth-order valence-corrected chi connectivity index (χ4v) is 1.66. The molecule has 0 atom stereocenters. The first-order chi connectivity index (χ1) is 10.6. The van der Waals surface area contributed by atoms with Gasteiger partial charge in [-0.2, -0.15) is 18.2 Å². The highest BCUT2D eigenvalue weighted by Crippen LogP contribution is 2.29. The molecule has 0 saturated carbocycles. The van der Waals surface area contributed by atoms with Crippen molar-refractivity contribution in [3.05, 3.63) is 35.7 Å². The Hall–Kier alpha value is -2.42. The summed E-state index contributed by atoms with van der Waals surface area (Å²) in [6.07, 6.45) is -4.70. The highest BCUT2D eigenvalue weighted by atomic mass is 19.4. The minimum Gasteiger partial charge on any atom is -0.346 e. The molecule has 1 heterocycles. The monoisotopic (exact) mass is 328 g/mol. The van der Waals surface area contributed by atoms with E-state index in [0.29, 0.717) is 11.1 Å². The molecule has 0 radical (unpaired) electrons. The number of hydrogen-bond donors (Lipinski definition) is 2. The zero-order chi connectivity index (χ0) is 17.3. The fourth-order valence-electron chi connectivity index (χ4n) is 1.66. The van der Waals surface area contributed by atoms with E-state index in [4.69, 9.17) is 5.73 Å². The molecule has 1 amide bonds. The van der Waals surface area contributed by atoms with E-state index in [2.05, 4.69) is 20.0 Å². The number of nitrogens with two attached hydrogens (primary N) is 1. The van der Waals surface area contributed by atoms with Crippen molar-refractivity contribution in [3.63, 3.8) is 0 Å². The van der Waals surface area contributed by atoms with Crippen LogP contribution in [-0.2, 0) is 6.18 Å². The molecule has 0 saturated heterocycles. The van der Waals surface area contributed by atoms with E-state index in [9.17, 15) is 18.0 Å². The maximum atomic E-state index is 12.4. The van der Waals surface area contributed by atoms with Crippen molar-refractivity contribution in [2.45, 2.75) is 25.6 Å². The summed E-state index contributed by atoms with van der Waals surface area (Å²) >= 11 is 0. The summed E-state index contributed by atoms with van der Waals surface area (Å²) in [6, 6.07) is 5.80. The Balaban J connectivity index is 2.16. The molecule has 6 nitrogen and oxygen atoms in total. The van der Waals surface area contributed by atoms with Gasteiger partial charge in [0, 0.05) is 23.2 Å². The fraction of sp³-hybridized carbons (Fsp3) is 0.357. The molecule has 0 spiro atoms. The molecule has 0 bridgehead atoms. The Kier molecular flexibility index (Phi) is 4.42. The van der Waals surface area contributed by atoms with Crippen molar-refractivity contribution in [1.29, 1.82) is 0 Å². The zero-order valence-electron chi connectivity index (χ0n) is 12.4. The van der Waals surface area contributed by atoms with E-state index in [1.807, 2.05) is 0 Å². The van der Waals surface area contributed by atoms with Crippen molar-refractivity contribution in [3.8, 4) is 11.4 Å². The van der Waals surface area contributed by atoms with Crippen LogP contribution >= 0.6 is 0 Å². The Morgan fingerprint density at radius 1 is 1.26 bits per heavy atom. The quantitative estimate of drug-likeness (QED) is 0.897. The van der Waals surface area contributed by atoms with Crippen LogP contribution in [0.3, 0.4) is 0 Å². The summed E-state index contributed by atoms with van der Waals surface area (Å²) in [5.41, 5.74) is 5.62. The van der Waals surface area contributed by atoms with Crippen LogP contribution in [0.15, 0.2) is 28.8 Å². The molecule has 0 aliphatic carbocycles. The number of alkyl halides is 3. The number of hydrogen-bond acceptors (Lipinski definition) is 5. The van der Waals surface area contributed by atoms with Gasteiger partial charge in [0.05, 0.1) is 0 Å². The molecule has 2 aromatic rings. The largest absolute Gasteiger partial charge is 0.471 e. The smallest absolute Gasteiger partial charge is 0.346 e. The molecule has 0 aliphatic heterocycles. The average molecular weight is 328 g/mol. The highest BCUT2D eigenvalue weighted by Gasteiger charge is 2.38. The van der Waals surface area contributed by atoms with Crippen molar-refractivity contribution in [2.75, 3.05) is 6.54 Å². The third-order valence-corrected chi connectivity index (χ3v) is 3.04. The third kappa shape index (κ3) is 4.07. The molecule has 9 heteroatoms. The van der Waals surface area contributed by atoms with Crippen LogP contribution in [0.1, 0.15) is 30.1 Å². The van der Waals surface area contributed by atoms with Crippen LogP contribution in [0.5, 0.6) is 0 Å². The minimum atomic E-state index is -4.70. The van der Waals surface area contributed by atoms with Gasteiger partial charge in [-0.25, -0.2) is 0 Å². The number of amides is 1. The summed E-state index contributed by atoms with van der Waals surface area (Å²) in [4.78, 5) is 15.3.